The number of hydrogen-bond acceptors (Lipinski definition) is 4. The number of carbonyl (C=O) groups excluding carboxylic acids is 1. The summed E-state index contributed by atoms with van der Waals surface area (Å²) in [6, 6.07) is 7.90. The maximum Gasteiger partial charge on any atom is 0.255 e. The molecule has 1 amide bonds. The molecule has 1 unspecified atom stereocenters. The van der Waals surface area contributed by atoms with Crippen LogP contribution < -0.4 is 0 Å². The van der Waals surface area contributed by atoms with E-state index in [-0.39, 0.29) is 18.5 Å². The molecule has 0 spiro atoms. The molecule has 1 atom stereocenters. The van der Waals surface area contributed by atoms with Gasteiger partial charge in [-0.1, -0.05) is 11.3 Å². The van der Waals surface area contributed by atoms with Crippen LogP contribution in [0.25, 0.3) is 5.52 Å². The van der Waals surface area contributed by atoms with Crippen LogP contribution in [0, 0.1) is 0 Å². The molecule has 3 aromatic rings. The van der Waals surface area contributed by atoms with E-state index in [9.17, 15) is 9.90 Å². The highest BCUT2D eigenvalue weighted by molar-refractivity contribution is 5.95. The van der Waals surface area contributed by atoms with E-state index in [0.29, 0.717) is 24.2 Å². The molecule has 0 bridgehead atoms. The highest BCUT2D eigenvalue weighted by Gasteiger charge is 2.39. The lowest BCUT2D eigenvalue weighted by atomic mass is 9.89. The van der Waals surface area contributed by atoms with E-state index in [4.69, 9.17) is 0 Å². The van der Waals surface area contributed by atoms with Crippen LogP contribution >= 0.6 is 0 Å². The lowest BCUT2D eigenvalue weighted by molar-refractivity contribution is -0.0320. The van der Waals surface area contributed by atoms with Crippen LogP contribution in [0.2, 0.25) is 0 Å². The first-order valence-electron chi connectivity index (χ1n) is 8.97. The Labute approximate surface area is 151 Å². The van der Waals surface area contributed by atoms with Crippen molar-refractivity contribution >= 4 is 11.4 Å². The number of amides is 1. The Kier molecular flexibility index (Phi) is 4.03. The molecule has 136 valence electrons. The number of rotatable bonds is 3. The zero-order valence-corrected chi connectivity index (χ0v) is 15.0. The topological polar surface area (TPSA) is 75.7 Å². The van der Waals surface area contributed by atoms with Crippen molar-refractivity contribution in [2.45, 2.75) is 38.3 Å². The molecule has 0 aromatic carbocycles. The van der Waals surface area contributed by atoms with Crippen molar-refractivity contribution in [1.29, 1.82) is 0 Å². The molecule has 4 heterocycles. The molecule has 0 saturated carbocycles. The molecule has 0 aliphatic carbocycles. The van der Waals surface area contributed by atoms with E-state index in [1.165, 1.54) is 0 Å². The summed E-state index contributed by atoms with van der Waals surface area (Å²) in [6.45, 7) is 4.88. The Balaban J connectivity index is 1.58. The average molecular weight is 353 g/mol. The quantitative estimate of drug-likeness (QED) is 0.783. The monoisotopic (exact) mass is 353 g/mol. The number of nitrogens with zero attached hydrogens (tertiary/aromatic N) is 5. The van der Waals surface area contributed by atoms with Gasteiger partial charge in [0, 0.05) is 30.5 Å². The summed E-state index contributed by atoms with van der Waals surface area (Å²) in [5, 5.41) is 19.4. The third kappa shape index (κ3) is 2.88. The molecule has 4 rings (SSSR count). The number of pyridine rings is 1. The largest absolute Gasteiger partial charge is 0.382 e. The second kappa shape index (κ2) is 6.25. The Hall–Kier alpha value is -2.67. The van der Waals surface area contributed by atoms with Gasteiger partial charge in [0.05, 0.1) is 18.3 Å². The molecule has 26 heavy (non-hydrogen) atoms. The molecule has 1 N–H and O–H groups in total. The fourth-order valence-electron chi connectivity index (χ4n) is 3.52. The number of fused-ring (bicyclic) bond motifs is 1. The molecule has 7 nitrogen and oxygen atoms in total. The lowest BCUT2D eigenvalue weighted by Crippen LogP contribution is -2.48. The van der Waals surface area contributed by atoms with Crippen molar-refractivity contribution in [1.82, 2.24) is 24.3 Å². The summed E-state index contributed by atoms with van der Waals surface area (Å²) in [5.41, 5.74) is 0.986. The first-order valence-corrected chi connectivity index (χ1v) is 8.97. The summed E-state index contributed by atoms with van der Waals surface area (Å²) in [7, 11) is 0. The predicted molar refractivity (Wildman–Crippen MR) is 96.8 cm³/mol. The Bertz CT molecular complexity index is 911. The number of likely N-dealkylation sites (tertiary alicyclic amines) is 1. The van der Waals surface area contributed by atoms with Gasteiger partial charge in [-0.15, -0.1) is 5.10 Å². The standard InChI is InChI=1S/C19H23N5O2/c1-14(2)24-12-17(20-21-24)19(26)7-5-9-23(13-19)18(25)15-10-16-6-3-4-8-22(16)11-15/h3-4,6,8,10-12,14,26H,5,7,9,13H2,1-2H3. The van der Waals surface area contributed by atoms with E-state index in [1.807, 2.05) is 54.9 Å². The summed E-state index contributed by atoms with van der Waals surface area (Å²) >= 11 is 0. The highest BCUT2D eigenvalue weighted by Crippen LogP contribution is 2.31. The van der Waals surface area contributed by atoms with E-state index in [1.54, 1.807) is 15.8 Å². The van der Waals surface area contributed by atoms with Crippen LogP contribution in [0.15, 0.2) is 42.9 Å². The molecule has 1 aliphatic rings. The molecule has 0 radical (unpaired) electrons. The molecule has 1 fully saturated rings. The van der Waals surface area contributed by atoms with Gasteiger partial charge in [-0.05, 0) is 44.9 Å². The fraction of sp³-hybridized carbons (Fsp3) is 0.421. The van der Waals surface area contributed by atoms with E-state index in [2.05, 4.69) is 10.3 Å². The number of aromatic nitrogens is 4. The summed E-state index contributed by atoms with van der Waals surface area (Å²) in [4.78, 5) is 14.7. The van der Waals surface area contributed by atoms with Crippen LogP contribution in [0.1, 0.15) is 48.8 Å². The molecule has 1 aliphatic heterocycles. The number of carbonyl (C=O) groups is 1. The van der Waals surface area contributed by atoms with Gasteiger partial charge in [0.15, 0.2) is 0 Å². The van der Waals surface area contributed by atoms with Crippen LogP contribution in [-0.4, -0.2) is 48.4 Å². The highest BCUT2D eigenvalue weighted by atomic mass is 16.3. The van der Waals surface area contributed by atoms with Crippen molar-refractivity contribution in [2.24, 2.45) is 0 Å². The smallest absolute Gasteiger partial charge is 0.255 e. The van der Waals surface area contributed by atoms with E-state index >= 15 is 0 Å². The van der Waals surface area contributed by atoms with Gasteiger partial charge in [0.2, 0.25) is 0 Å². The minimum Gasteiger partial charge on any atom is -0.382 e. The van der Waals surface area contributed by atoms with Crippen LogP contribution in [-0.2, 0) is 5.60 Å². The SMILES string of the molecule is CC(C)n1cc(C2(O)CCCN(C(=O)c3cc4ccccn4c3)C2)nn1. The first-order chi connectivity index (χ1) is 12.5. The average Bonchev–Trinajstić information content (AvgIpc) is 3.28. The van der Waals surface area contributed by atoms with Gasteiger partial charge < -0.3 is 14.4 Å². The molecule has 7 heteroatoms. The maximum atomic E-state index is 13.0. The van der Waals surface area contributed by atoms with Crippen LogP contribution in [0.5, 0.6) is 0 Å². The molecular formula is C19H23N5O2. The van der Waals surface area contributed by atoms with E-state index < -0.39 is 5.60 Å². The second-order valence-corrected chi connectivity index (χ2v) is 7.30. The summed E-state index contributed by atoms with van der Waals surface area (Å²) < 4.78 is 3.66. The van der Waals surface area contributed by atoms with Crippen molar-refractivity contribution in [3.63, 3.8) is 0 Å². The zero-order valence-electron chi connectivity index (χ0n) is 15.0. The first kappa shape index (κ1) is 16.8. The Morgan fingerprint density at radius 3 is 2.88 bits per heavy atom. The normalized spacial score (nSPS) is 20.8. The Morgan fingerprint density at radius 2 is 2.15 bits per heavy atom. The second-order valence-electron chi connectivity index (χ2n) is 7.30. The molecule has 3 aromatic heterocycles. The van der Waals surface area contributed by atoms with Gasteiger partial charge in [0.25, 0.3) is 5.91 Å². The third-order valence-electron chi connectivity index (χ3n) is 5.03. The van der Waals surface area contributed by atoms with Gasteiger partial charge in [-0.25, -0.2) is 4.68 Å². The third-order valence-corrected chi connectivity index (χ3v) is 5.03. The van der Waals surface area contributed by atoms with Crippen molar-refractivity contribution in [3.8, 4) is 0 Å². The van der Waals surface area contributed by atoms with Crippen LogP contribution in [0.3, 0.4) is 0 Å². The number of piperidine rings is 1. The van der Waals surface area contributed by atoms with Crippen molar-refractivity contribution < 1.29 is 9.90 Å². The Morgan fingerprint density at radius 1 is 1.31 bits per heavy atom. The maximum absolute atomic E-state index is 13.0. The lowest BCUT2D eigenvalue weighted by Gasteiger charge is -2.37. The summed E-state index contributed by atoms with van der Waals surface area (Å²) in [5.74, 6) is -0.0666. The number of aliphatic hydroxyl groups is 1. The zero-order chi connectivity index (χ0) is 18.3. The van der Waals surface area contributed by atoms with Gasteiger partial charge >= 0.3 is 0 Å². The van der Waals surface area contributed by atoms with Gasteiger partial charge in [-0.3, -0.25) is 4.79 Å². The van der Waals surface area contributed by atoms with Crippen molar-refractivity contribution in [3.05, 3.63) is 54.1 Å². The minimum absolute atomic E-state index is 0.0666. The fourth-order valence-corrected chi connectivity index (χ4v) is 3.52. The van der Waals surface area contributed by atoms with Gasteiger partial charge in [-0.2, -0.15) is 0 Å². The number of hydrogen-bond donors (Lipinski definition) is 1. The predicted octanol–water partition coefficient (Wildman–Crippen LogP) is 2.24. The van der Waals surface area contributed by atoms with Crippen LogP contribution in [0.4, 0.5) is 0 Å². The van der Waals surface area contributed by atoms with Crippen molar-refractivity contribution in [2.75, 3.05) is 13.1 Å². The minimum atomic E-state index is -1.15. The van der Waals surface area contributed by atoms with Gasteiger partial charge in [0.1, 0.15) is 11.3 Å². The molecular weight excluding hydrogens is 330 g/mol. The van der Waals surface area contributed by atoms with E-state index in [0.717, 1.165) is 11.9 Å². The number of β-amino-alcohol motifs (C(OH)–C–C–N with tert-alkyl or cyclic N) is 1. The summed E-state index contributed by atoms with van der Waals surface area (Å²) in [6.07, 6.45) is 6.84. The molecule has 1 saturated heterocycles.